The van der Waals surface area contributed by atoms with Gasteiger partial charge in [-0.15, -0.1) is 0 Å². The molecular weight excluding hydrogens is 249 g/mol. The van der Waals surface area contributed by atoms with Crippen molar-refractivity contribution in [3.63, 3.8) is 0 Å². The first-order chi connectivity index (χ1) is 8.45. The average molecular weight is 262 g/mol. The molecule has 5 nitrogen and oxygen atoms in total. The van der Waals surface area contributed by atoms with E-state index >= 15 is 0 Å². The number of nitrogens with zero attached hydrogens (tertiary/aromatic N) is 2. The summed E-state index contributed by atoms with van der Waals surface area (Å²) in [6, 6.07) is 5.12. The van der Waals surface area contributed by atoms with Gasteiger partial charge in [0.1, 0.15) is 5.92 Å². The van der Waals surface area contributed by atoms with Gasteiger partial charge in [-0.2, -0.15) is 13.2 Å². The van der Waals surface area contributed by atoms with Crippen LogP contribution in [0.2, 0.25) is 0 Å². The summed E-state index contributed by atoms with van der Waals surface area (Å²) < 4.78 is 37.7. The second-order valence-electron chi connectivity index (χ2n) is 3.57. The van der Waals surface area contributed by atoms with Crippen molar-refractivity contribution in [2.24, 2.45) is 16.8 Å². The molecule has 1 heterocycles. The van der Waals surface area contributed by atoms with Crippen molar-refractivity contribution in [2.45, 2.75) is 12.7 Å². The predicted octanol–water partition coefficient (Wildman–Crippen LogP) is 1.10. The molecule has 0 aliphatic heterocycles. The van der Waals surface area contributed by atoms with Crippen molar-refractivity contribution in [2.75, 3.05) is 6.54 Å². The monoisotopic (exact) mass is 262 g/mol. The largest absolute Gasteiger partial charge is 0.409 e. The zero-order chi connectivity index (χ0) is 13.6. The van der Waals surface area contributed by atoms with Crippen LogP contribution >= 0.6 is 0 Å². The van der Waals surface area contributed by atoms with Crippen molar-refractivity contribution in [1.82, 2.24) is 10.3 Å². The molecule has 0 bridgehead atoms. The molecule has 1 aromatic rings. The number of hydrogen-bond donors (Lipinski definition) is 3. The van der Waals surface area contributed by atoms with Crippen LogP contribution in [0, 0.1) is 5.92 Å². The Morgan fingerprint density at radius 2 is 2.22 bits per heavy atom. The summed E-state index contributed by atoms with van der Waals surface area (Å²) in [5.74, 6) is -2.89. The van der Waals surface area contributed by atoms with E-state index in [1.165, 1.54) is 0 Å². The summed E-state index contributed by atoms with van der Waals surface area (Å²) in [5.41, 5.74) is 5.62. The van der Waals surface area contributed by atoms with Crippen LogP contribution in [0.15, 0.2) is 29.6 Å². The molecule has 1 atom stereocenters. The molecule has 0 saturated carbocycles. The molecular formula is C10H13F3N4O. The molecule has 1 rings (SSSR count). The van der Waals surface area contributed by atoms with Crippen LogP contribution in [0.1, 0.15) is 5.69 Å². The van der Waals surface area contributed by atoms with E-state index in [-0.39, 0.29) is 6.54 Å². The zero-order valence-electron chi connectivity index (χ0n) is 9.35. The first-order valence-corrected chi connectivity index (χ1v) is 5.10. The third kappa shape index (κ3) is 4.21. The van der Waals surface area contributed by atoms with E-state index in [0.717, 1.165) is 0 Å². The van der Waals surface area contributed by atoms with E-state index in [0.29, 0.717) is 5.69 Å². The highest BCUT2D eigenvalue weighted by molar-refractivity contribution is 5.83. The Hall–Kier alpha value is -1.83. The molecule has 0 aromatic carbocycles. The number of oxime groups is 1. The minimum absolute atomic E-state index is 0.173. The van der Waals surface area contributed by atoms with E-state index in [4.69, 9.17) is 10.9 Å². The van der Waals surface area contributed by atoms with Gasteiger partial charge in [-0.25, -0.2) is 0 Å². The molecule has 1 aromatic heterocycles. The zero-order valence-corrected chi connectivity index (χ0v) is 9.35. The Labute approximate surface area is 102 Å². The van der Waals surface area contributed by atoms with Crippen molar-refractivity contribution in [1.29, 1.82) is 0 Å². The Balaban J connectivity index is 2.54. The molecule has 0 spiro atoms. The SMILES string of the molecule is N/C(=N/O)C(CNCc1ccccn1)C(F)(F)F. The number of halogens is 3. The number of pyridine rings is 1. The number of aromatic nitrogens is 1. The van der Waals surface area contributed by atoms with Crippen LogP contribution in [0.4, 0.5) is 13.2 Å². The summed E-state index contributed by atoms with van der Waals surface area (Å²) >= 11 is 0. The van der Waals surface area contributed by atoms with Crippen LogP contribution < -0.4 is 11.1 Å². The topological polar surface area (TPSA) is 83.5 Å². The Kier molecular flexibility index (Phi) is 4.90. The molecule has 1 unspecified atom stereocenters. The molecule has 8 heteroatoms. The lowest BCUT2D eigenvalue weighted by atomic mass is 10.1. The average Bonchev–Trinajstić information content (AvgIpc) is 2.33. The molecule has 0 radical (unpaired) electrons. The molecule has 0 fully saturated rings. The Bertz CT molecular complexity index is 394. The van der Waals surface area contributed by atoms with Crippen molar-refractivity contribution in [3.8, 4) is 0 Å². The van der Waals surface area contributed by atoms with Gasteiger partial charge in [-0.3, -0.25) is 4.98 Å². The standard InChI is InChI=1S/C10H13F3N4O/c11-10(12,13)8(9(14)17-18)6-15-5-7-3-1-2-4-16-7/h1-4,8,15,18H,5-6H2,(H2,14,17). The predicted molar refractivity (Wildman–Crippen MR) is 58.9 cm³/mol. The van der Waals surface area contributed by atoms with Crippen LogP contribution in [0.3, 0.4) is 0 Å². The molecule has 100 valence electrons. The van der Waals surface area contributed by atoms with Crippen LogP contribution in [-0.2, 0) is 6.54 Å². The van der Waals surface area contributed by atoms with Gasteiger partial charge in [0.05, 0.1) is 5.69 Å². The van der Waals surface area contributed by atoms with E-state index in [2.05, 4.69) is 15.5 Å². The normalized spacial score (nSPS) is 14.5. The Morgan fingerprint density at radius 3 is 2.72 bits per heavy atom. The fourth-order valence-corrected chi connectivity index (χ4v) is 1.30. The van der Waals surface area contributed by atoms with E-state index in [1.807, 2.05) is 0 Å². The van der Waals surface area contributed by atoms with Gasteiger partial charge in [0, 0.05) is 19.3 Å². The second-order valence-corrected chi connectivity index (χ2v) is 3.57. The highest BCUT2D eigenvalue weighted by Gasteiger charge is 2.42. The Morgan fingerprint density at radius 1 is 1.50 bits per heavy atom. The molecule has 0 saturated heterocycles. The van der Waals surface area contributed by atoms with Crippen molar-refractivity contribution in [3.05, 3.63) is 30.1 Å². The van der Waals surface area contributed by atoms with Gasteiger partial charge in [0.15, 0.2) is 5.84 Å². The molecule has 0 aliphatic rings. The maximum atomic E-state index is 12.6. The summed E-state index contributed by atoms with van der Waals surface area (Å²) in [4.78, 5) is 3.95. The fourth-order valence-electron chi connectivity index (χ4n) is 1.30. The minimum atomic E-state index is -4.56. The molecule has 4 N–H and O–H groups in total. The maximum absolute atomic E-state index is 12.6. The first-order valence-electron chi connectivity index (χ1n) is 5.10. The lowest BCUT2D eigenvalue weighted by Gasteiger charge is -2.19. The number of hydrogen-bond acceptors (Lipinski definition) is 4. The highest BCUT2D eigenvalue weighted by Crippen LogP contribution is 2.25. The van der Waals surface area contributed by atoms with Gasteiger partial charge in [0.25, 0.3) is 0 Å². The molecule has 0 amide bonds. The van der Waals surface area contributed by atoms with Crippen LogP contribution in [0.5, 0.6) is 0 Å². The maximum Gasteiger partial charge on any atom is 0.400 e. The third-order valence-corrected chi connectivity index (χ3v) is 2.25. The summed E-state index contributed by atoms with van der Waals surface area (Å²) in [6.07, 6.45) is -3.02. The van der Waals surface area contributed by atoms with Gasteiger partial charge >= 0.3 is 6.18 Å². The quantitative estimate of drug-likeness (QED) is 0.321. The lowest BCUT2D eigenvalue weighted by molar-refractivity contribution is -0.155. The summed E-state index contributed by atoms with van der Waals surface area (Å²) in [7, 11) is 0. The number of nitrogens with two attached hydrogens (primary N) is 1. The van der Waals surface area contributed by atoms with Gasteiger partial charge < -0.3 is 16.3 Å². The van der Waals surface area contributed by atoms with Gasteiger partial charge in [-0.1, -0.05) is 11.2 Å². The van der Waals surface area contributed by atoms with Crippen molar-refractivity contribution < 1.29 is 18.4 Å². The molecule has 18 heavy (non-hydrogen) atoms. The molecule has 0 aliphatic carbocycles. The number of alkyl halides is 3. The van der Waals surface area contributed by atoms with Crippen molar-refractivity contribution >= 4 is 5.84 Å². The summed E-state index contributed by atoms with van der Waals surface area (Å²) in [5, 5.41) is 13.3. The van der Waals surface area contributed by atoms with Crippen LogP contribution in [-0.4, -0.2) is 28.7 Å². The third-order valence-electron chi connectivity index (χ3n) is 2.25. The first kappa shape index (κ1) is 14.2. The fraction of sp³-hybridized carbons (Fsp3) is 0.400. The summed E-state index contributed by atoms with van der Waals surface area (Å²) in [6.45, 7) is -0.303. The number of amidine groups is 1. The number of rotatable bonds is 5. The van der Waals surface area contributed by atoms with Gasteiger partial charge in [-0.05, 0) is 12.1 Å². The highest BCUT2D eigenvalue weighted by atomic mass is 19.4. The lowest BCUT2D eigenvalue weighted by Crippen LogP contribution is -2.42. The van der Waals surface area contributed by atoms with Crippen LogP contribution in [0.25, 0.3) is 0 Å². The van der Waals surface area contributed by atoms with E-state index in [9.17, 15) is 13.2 Å². The smallest absolute Gasteiger partial charge is 0.400 e. The minimum Gasteiger partial charge on any atom is -0.409 e. The number of nitrogens with one attached hydrogen (secondary N) is 1. The second kappa shape index (κ2) is 6.20. The van der Waals surface area contributed by atoms with Gasteiger partial charge in [0.2, 0.25) is 0 Å². The van der Waals surface area contributed by atoms with E-state index < -0.39 is 24.5 Å². The van der Waals surface area contributed by atoms with E-state index in [1.54, 1.807) is 24.4 Å².